The monoisotopic (exact) mass is 456 g/mol. The molecule has 0 unspecified atom stereocenters. The first-order valence-electron chi connectivity index (χ1n) is 8.84. The number of halogens is 4. The van der Waals surface area contributed by atoms with E-state index in [0.29, 0.717) is 6.07 Å². The third-order valence-corrected chi connectivity index (χ3v) is 4.82. The maximum atomic E-state index is 12.9. The van der Waals surface area contributed by atoms with E-state index in [1.807, 2.05) is 0 Å². The van der Waals surface area contributed by atoms with Crippen LogP contribution in [0.1, 0.15) is 29.8 Å². The van der Waals surface area contributed by atoms with Crippen LogP contribution in [-0.4, -0.2) is 35.0 Å². The van der Waals surface area contributed by atoms with E-state index in [0.717, 1.165) is 17.0 Å². The average molecular weight is 457 g/mol. The molecule has 0 saturated carbocycles. The van der Waals surface area contributed by atoms with Crippen LogP contribution < -0.4 is 15.0 Å². The zero-order chi connectivity index (χ0) is 23.1. The van der Waals surface area contributed by atoms with Gasteiger partial charge < -0.3 is 15.2 Å². The minimum atomic E-state index is -4.63. The summed E-state index contributed by atoms with van der Waals surface area (Å²) in [5, 5.41) is 11.3. The summed E-state index contributed by atoms with van der Waals surface area (Å²) in [7, 11) is 0. The van der Waals surface area contributed by atoms with Crippen molar-refractivity contribution in [1.29, 1.82) is 0 Å². The first-order valence-corrected chi connectivity index (χ1v) is 9.22. The molecule has 0 radical (unpaired) electrons. The van der Waals surface area contributed by atoms with Crippen LogP contribution in [0, 0.1) is 0 Å². The molecule has 2 amide bonds. The molecule has 0 atom stereocenters. The molecule has 0 spiro atoms. The van der Waals surface area contributed by atoms with Crippen LogP contribution in [0.25, 0.3) is 0 Å². The number of anilines is 2. The molecule has 1 aliphatic heterocycles. The number of carboxylic acids is 1. The van der Waals surface area contributed by atoms with Gasteiger partial charge in [-0.15, -0.1) is 0 Å². The molecule has 0 aliphatic carbocycles. The maximum Gasteiger partial charge on any atom is 0.416 e. The van der Waals surface area contributed by atoms with E-state index in [1.54, 1.807) is 0 Å². The fraction of sp³-hybridized carbons (Fsp3) is 0.250. The van der Waals surface area contributed by atoms with Gasteiger partial charge in [0.15, 0.2) is 5.60 Å². The number of hydrogen-bond acceptors (Lipinski definition) is 4. The number of carbonyl (C=O) groups is 3. The van der Waals surface area contributed by atoms with Gasteiger partial charge in [-0.2, -0.15) is 13.2 Å². The fourth-order valence-electron chi connectivity index (χ4n) is 2.99. The molecule has 0 saturated heterocycles. The highest BCUT2D eigenvalue weighted by Crippen LogP contribution is 2.39. The van der Waals surface area contributed by atoms with Crippen LogP contribution in [0.3, 0.4) is 0 Å². The lowest BCUT2D eigenvalue weighted by atomic mass is 10.0. The third-order valence-electron chi connectivity index (χ3n) is 4.49. The number of fused-ring (bicyclic) bond motifs is 1. The summed E-state index contributed by atoms with van der Waals surface area (Å²) in [4.78, 5) is 37.6. The Balaban J connectivity index is 1.89. The number of benzene rings is 2. The van der Waals surface area contributed by atoms with Crippen molar-refractivity contribution in [3.8, 4) is 5.75 Å². The van der Waals surface area contributed by atoms with Crippen molar-refractivity contribution in [2.45, 2.75) is 25.6 Å². The summed E-state index contributed by atoms with van der Waals surface area (Å²) in [6, 6.07) is 6.26. The molecule has 31 heavy (non-hydrogen) atoms. The summed E-state index contributed by atoms with van der Waals surface area (Å²) < 4.78 is 44.4. The SMILES string of the molecule is CC1(C)Oc2cc(C(=O)O)ccc2N(CC(=O)Nc2cc(C(F)(F)F)ccc2Cl)C1=O. The normalized spacial score (nSPS) is 15.2. The molecule has 164 valence electrons. The van der Waals surface area contributed by atoms with Gasteiger partial charge in [0.25, 0.3) is 5.91 Å². The first-order chi connectivity index (χ1) is 14.3. The van der Waals surface area contributed by atoms with Crippen LogP contribution in [0.4, 0.5) is 24.5 Å². The van der Waals surface area contributed by atoms with Crippen LogP contribution in [0.2, 0.25) is 5.02 Å². The molecule has 0 aromatic heterocycles. The number of carbonyl (C=O) groups excluding carboxylic acids is 2. The quantitative estimate of drug-likeness (QED) is 0.719. The van der Waals surface area contributed by atoms with Gasteiger partial charge in [-0.1, -0.05) is 11.6 Å². The number of rotatable bonds is 4. The van der Waals surface area contributed by atoms with Gasteiger partial charge in [-0.05, 0) is 50.2 Å². The van der Waals surface area contributed by atoms with E-state index in [4.69, 9.17) is 21.4 Å². The molecule has 2 aromatic carbocycles. The van der Waals surface area contributed by atoms with Gasteiger partial charge >= 0.3 is 12.1 Å². The lowest BCUT2D eigenvalue weighted by Gasteiger charge is -2.38. The van der Waals surface area contributed by atoms with Crippen LogP contribution in [0.5, 0.6) is 5.75 Å². The number of carboxylic acid groups (broad SMARTS) is 1. The van der Waals surface area contributed by atoms with Gasteiger partial charge in [0.05, 0.1) is 27.5 Å². The number of hydrogen-bond donors (Lipinski definition) is 2. The smallest absolute Gasteiger partial charge is 0.416 e. The van der Waals surface area contributed by atoms with E-state index >= 15 is 0 Å². The second-order valence-electron chi connectivity index (χ2n) is 7.23. The van der Waals surface area contributed by atoms with E-state index in [9.17, 15) is 27.6 Å². The Morgan fingerprint density at radius 2 is 1.87 bits per heavy atom. The molecule has 2 N–H and O–H groups in total. The Kier molecular flexibility index (Phi) is 5.62. The largest absolute Gasteiger partial charge is 0.478 e. The van der Waals surface area contributed by atoms with Crippen molar-refractivity contribution < 1.29 is 37.4 Å². The molecular formula is C20H16ClF3N2O5. The number of nitrogens with zero attached hydrogens (tertiary/aromatic N) is 1. The van der Waals surface area contributed by atoms with Crippen molar-refractivity contribution in [2.75, 3.05) is 16.8 Å². The minimum absolute atomic E-state index is 0.0781. The number of ether oxygens (including phenoxy) is 1. The molecular weight excluding hydrogens is 441 g/mol. The average Bonchev–Trinajstić information content (AvgIpc) is 2.65. The van der Waals surface area contributed by atoms with Crippen molar-refractivity contribution in [1.82, 2.24) is 0 Å². The first kappa shape index (κ1) is 22.4. The zero-order valence-corrected chi connectivity index (χ0v) is 17.0. The van der Waals surface area contributed by atoms with Gasteiger partial charge in [-0.3, -0.25) is 14.5 Å². The Morgan fingerprint density at radius 3 is 2.48 bits per heavy atom. The third kappa shape index (κ3) is 4.58. The van der Waals surface area contributed by atoms with Crippen LogP contribution in [-0.2, 0) is 15.8 Å². The summed E-state index contributed by atoms with van der Waals surface area (Å²) in [6.45, 7) is 2.33. The van der Waals surface area contributed by atoms with Crippen molar-refractivity contribution in [2.24, 2.45) is 0 Å². The predicted molar refractivity (Wildman–Crippen MR) is 106 cm³/mol. The van der Waals surface area contributed by atoms with E-state index in [1.165, 1.54) is 32.0 Å². The molecule has 11 heteroatoms. The number of aromatic carboxylic acids is 1. The van der Waals surface area contributed by atoms with Gasteiger partial charge in [0.2, 0.25) is 5.91 Å². The summed E-state index contributed by atoms with van der Waals surface area (Å²) in [5.74, 6) is -2.52. The molecule has 0 bridgehead atoms. The highest BCUT2D eigenvalue weighted by Gasteiger charge is 2.42. The molecule has 2 aromatic rings. The Morgan fingerprint density at radius 1 is 1.19 bits per heavy atom. The van der Waals surface area contributed by atoms with Gasteiger partial charge in [0, 0.05) is 0 Å². The highest BCUT2D eigenvalue weighted by atomic mass is 35.5. The Hall–Kier alpha value is -3.27. The lowest BCUT2D eigenvalue weighted by Crippen LogP contribution is -2.54. The van der Waals surface area contributed by atoms with E-state index in [-0.39, 0.29) is 27.7 Å². The highest BCUT2D eigenvalue weighted by molar-refractivity contribution is 6.33. The lowest BCUT2D eigenvalue weighted by molar-refractivity contribution is -0.137. The zero-order valence-electron chi connectivity index (χ0n) is 16.2. The summed E-state index contributed by atoms with van der Waals surface area (Å²) >= 11 is 5.90. The van der Waals surface area contributed by atoms with Gasteiger partial charge in [-0.25, -0.2) is 4.79 Å². The topological polar surface area (TPSA) is 95.9 Å². The predicted octanol–water partition coefficient (Wildman–Crippen LogP) is 4.20. The summed E-state index contributed by atoms with van der Waals surface area (Å²) in [6.07, 6.45) is -4.63. The number of amides is 2. The summed E-state index contributed by atoms with van der Waals surface area (Å²) in [5.41, 5.74) is -2.59. The Labute approximate surface area is 179 Å². The maximum absolute atomic E-state index is 12.9. The molecule has 1 aliphatic rings. The molecule has 0 fully saturated rings. The second kappa shape index (κ2) is 7.77. The molecule has 7 nitrogen and oxygen atoms in total. The number of alkyl halides is 3. The van der Waals surface area contributed by atoms with Crippen LogP contribution in [0.15, 0.2) is 36.4 Å². The molecule has 1 heterocycles. The molecule has 3 rings (SSSR count). The fourth-order valence-corrected chi connectivity index (χ4v) is 3.16. The van der Waals surface area contributed by atoms with E-state index < -0.39 is 41.7 Å². The van der Waals surface area contributed by atoms with Crippen molar-refractivity contribution in [3.05, 3.63) is 52.5 Å². The van der Waals surface area contributed by atoms with Gasteiger partial charge in [0.1, 0.15) is 12.3 Å². The number of nitrogens with one attached hydrogen (secondary N) is 1. The minimum Gasteiger partial charge on any atom is -0.478 e. The Bertz CT molecular complexity index is 1080. The van der Waals surface area contributed by atoms with Crippen LogP contribution >= 0.6 is 11.6 Å². The standard InChI is InChI=1S/C20H16ClF3N2O5/c1-19(2)18(30)26(14-6-3-10(17(28)29)7-15(14)31-19)9-16(27)25-13-8-11(20(22,23)24)4-5-12(13)21/h3-8H,9H2,1-2H3,(H,25,27)(H,28,29). The van der Waals surface area contributed by atoms with Crippen molar-refractivity contribution >= 4 is 40.8 Å². The van der Waals surface area contributed by atoms with Crippen molar-refractivity contribution in [3.63, 3.8) is 0 Å². The van der Waals surface area contributed by atoms with E-state index in [2.05, 4.69) is 5.32 Å². The second-order valence-corrected chi connectivity index (χ2v) is 7.64.